The van der Waals surface area contributed by atoms with Gasteiger partial charge >= 0.3 is 5.97 Å². The predicted octanol–water partition coefficient (Wildman–Crippen LogP) is 3.77. The number of rotatable bonds is 4. The van der Waals surface area contributed by atoms with Crippen LogP contribution in [-0.2, 0) is 9.53 Å². The minimum atomic E-state index is -0.637. The molecule has 5 nitrogen and oxygen atoms in total. The molecule has 1 aromatic heterocycles. The SMILES string of the molecule is COC(=O)C(Nc1ccc(Cl)c(Br)c1)c1c(C)n[nH]c1C. The van der Waals surface area contributed by atoms with Crippen molar-refractivity contribution in [3.63, 3.8) is 0 Å². The Morgan fingerprint density at radius 1 is 1.48 bits per heavy atom. The van der Waals surface area contributed by atoms with Gasteiger partial charge in [-0.3, -0.25) is 5.10 Å². The molecule has 7 heteroatoms. The smallest absolute Gasteiger partial charge is 0.333 e. The second-order valence-corrected chi connectivity index (χ2v) is 5.84. The number of halogens is 2. The van der Waals surface area contributed by atoms with E-state index in [0.717, 1.165) is 27.1 Å². The van der Waals surface area contributed by atoms with Crippen molar-refractivity contribution < 1.29 is 9.53 Å². The van der Waals surface area contributed by atoms with Crippen LogP contribution in [0.5, 0.6) is 0 Å². The summed E-state index contributed by atoms with van der Waals surface area (Å²) >= 11 is 9.34. The third-order valence-corrected chi connectivity index (χ3v) is 4.36. The highest BCUT2D eigenvalue weighted by atomic mass is 79.9. The molecule has 0 aliphatic rings. The van der Waals surface area contributed by atoms with Gasteiger partial charge in [0.2, 0.25) is 0 Å². The average Bonchev–Trinajstić information content (AvgIpc) is 2.79. The largest absolute Gasteiger partial charge is 0.467 e. The molecule has 0 radical (unpaired) electrons. The van der Waals surface area contributed by atoms with Crippen molar-refractivity contribution in [3.05, 3.63) is 44.6 Å². The Labute approximate surface area is 136 Å². The molecule has 112 valence electrons. The zero-order valence-electron chi connectivity index (χ0n) is 11.8. The van der Waals surface area contributed by atoms with Crippen LogP contribution in [0.1, 0.15) is 23.0 Å². The molecule has 1 heterocycles. The van der Waals surface area contributed by atoms with Gasteiger partial charge in [0.05, 0.1) is 17.8 Å². The van der Waals surface area contributed by atoms with Gasteiger partial charge < -0.3 is 10.1 Å². The van der Waals surface area contributed by atoms with E-state index in [0.29, 0.717) is 5.02 Å². The minimum absolute atomic E-state index is 0.381. The Hall–Kier alpha value is -1.53. The number of carbonyl (C=O) groups is 1. The summed E-state index contributed by atoms with van der Waals surface area (Å²) in [5, 5.41) is 10.8. The number of hydrogen-bond acceptors (Lipinski definition) is 4. The van der Waals surface area contributed by atoms with Crippen LogP contribution in [0.3, 0.4) is 0 Å². The molecular weight excluding hydrogens is 358 g/mol. The maximum absolute atomic E-state index is 12.1. The monoisotopic (exact) mass is 371 g/mol. The molecule has 1 unspecified atom stereocenters. The molecule has 1 atom stereocenters. The number of aromatic nitrogens is 2. The van der Waals surface area contributed by atoms with Gasteiger partial charge in [-0.15, -0.1) is 0 Å². The Bertz CT molecular complexity index is 653. The number of nitrogens with zero attached hydrogens (tertiary/aromatic N) is 1. The van der Waals surface area contributed by atoms with Crippen molar-refractivity contribution in [2.75, 3.05) is 12.4 Å². The fraction of sp³-hybridized carbons (Fsp3) is 0.286. The van der Waals surface area contributed by atoms with Crippen LogP contribution >= 0.6 is 27.5 Å². The standard InChI is InChI=1S/C14H15BrClN3O2/c1-7-12(8(2)19-18-7)13(14(20)21-3)17-9-4-5-11(16)10(15)6-9/h4-6,13,17H,1-3H3,(H,18,19). The fourth-order valence-electron chi connectivity index (χ4n) is 2.10. The number of aryl methyl sites for hydroxylation is 2. The Morgan fingerprint density at radius 3 is 2.71 bits per heavy atom. The molecule has 1 aromatic carbocycles. The van der Waals surface area contributed by atoms with Crippen LogP contribution in [-0.4, -0.2) is 23.3 Å². The molecule has 2 N–H and O–H groups in total. The lowest BCUT2D eigenvalue weighted by Crippen LogP contribution is -2.23. The number of esters is 1. The van der Waals surface area contributed by atoms with E-state index in [9.17, 15) is 4.79 Å². The molecule has 0 aliphatic carbocycles. The first kappa shape index (κ1) is 15.9. The second-order valence-electron chi connectivity index (χ2n) is 4.58. The van der Waals surface area contributed by atoms with Crippen LogP contribution in [0.25, 0.3) is 0 Å². The van der Waals surface area contributed by atoms with Crippen molar-refractivity contribution in [3.8, 4) is 0 Å². The molecule has 2 rings (SSSR count). The van der Waals surface area contributed by atoms with Gasteiger partial charge in [0.15, 0.2) is 6.04 Å². The maximum Gasteiger partial charge on any atom is 0.333 e. The number of carbonyl (C=O) groups excluding carboxylic acids is 1. The number of H-pyrrole nitrogens is 1. The zero-order valence-corrected chi connectivity index (χ0v) is 14.2. The summed E-state index contributed by atoms with van der Waals surface area (Å²) in [7, 11) is 1.36. The van der Waals surface area contributed by atoms with Crippen molar-refractivity contribution >= 4 is 39.2 Å². The third kappa shape index (κ3) is 3.39. The summed E-state index contributed by atoms with van der Waals surface area (Å²) in [5.74, 6) is -0.381. The van der Waals surface area contributed by atoms with Crippen LogP contribution in [0, 0.1) is 13.8 Å². The van der Waals surface area contributed by atoms with E-state index in [1.807, 2.05) is 19.9 Å². The highest BCUT2D eigenvalue weighted by Crippen LogP contribution is 2.29. The summed E-state index contributed by atoms with van der Waals surface area (Å²) in [6, 6.07) is 4.72. The number of hydrogen-bond donors (Lipinski definition) is 2. The Balaban J connectivity index is 2.38. The molecule has 2 aromatic rings. The fourth-order valence-corrected chi connectivity index (χ4v) is 2.60. The van der Waals surface area contributed by atoms with Crippen LogP contribution in [0.2, 0.25) is 5.02 Å². The Kier molecular flexibility index (Phi) is 4.90. The number of benzene rings is 1. The van der Waals surface area contributed by atoms with E-state index in [2.05, 4.69) is 31.4 Å². The lowest BCUT2D eigenvalue weighted by molar-refractivity contribution is -0.141. The molecule has 0 saturated heterocycles. The number of nitrogens with one attached hydrogen (secondary N) is 2. The summed E-state index contributed by atoms with van der Waals surface area (Å²) < 4.78 is 5.64. The van der Waals surface area contributed by atoms with E-state index in [1.165, 1.54) is 7.11 Å². The molecule has 0 aliphatic heterocycles. The van der Waals surface area contributed by atoms with Gasteiger partial charge in [-0.05, 0) is 48.0 Å². The summed E-state index contributed by atoms with van der Waals surface area (Å²) in [6.07, 6.45) is 0. The quantitative estimate of drug-likeness (QED) is 0.802. The molecule has 21 heavy (non-hydrogen) atoms. The highest BCUT2D eigenvalue weighted by molar-refractivity contribution is 9.10. The van der Waals surface area contributed by atoms with E-state index < -0.39 is 6.04 Å². The molecule has 0 spiro atoms. The molecule has 0 fully saturated rings. The first-order valence-corrected chi connectivity index (χ1v) is 7.42. The maximum atomic E-state index is 12.1. The second kappa shape index (κ2) is 6.49. The van der Waals surface area contributed by atoms with E-state index >= 15 is 0 Å². The van der Waals surface area contributed by atoms with E-state index in [-0.39, 0.29) is 5.97 Å². The predicted molar refractivity (Wildman–Crippen MR) is 85.6 cm³/mol. The van der Waals surface area contributed by atoms with Crippen LogP contribution in [0.4, 0.5) is 5.69 Å². The van der Waals surface area contributed by atoms with Gasteiger partial charge in [0.1, 0.15) is 0 Å². The zero-order chi connectivity index (χ0) is 15.6. The van der Waals surface area contributed by atoms with Crippen LogP contribution < -0.4 is 5.32 Å². The molecule has 0 amide bonds. The van der Waals surface area contributed by atoms with Crippen molar-refractivity contribution in [2.24, 2.45) is 0 Å². The van der Waals surface area contributed by atoms with Gasteiger partial charge in [0.25, 0.3) is 0 Å². The topological polar surface area (TPSA) is 67.0 Å². The Morgan fingerprint density at radius 2 is 2.19 bits per heavy atom. The number of ether oxygens (including phenoxy) is 1. The minimum Gasteiger partial charge on any atom is -0.467 e. The van der Waals surface area contributed by atoms with Crippen molar-refractivity contribution in [1.82, 2.24) is 10.2 Å². The molecular formula is C14H15BrClN3O2. The summed E-state index contributed by atoms with van der Waals surface area (Å²) in [4.78, 5) is 12.1. The number of aromatic amines is 1. The first-order valence-electron chi connectivity index (χ1n) is 6.25. The van der Waals surface area contributed by atoms with Gasteiger partial charge in [-0.1, -0.05) is 11.6 Å². The van der Waals surface area contributed by atoms with E-state index in [4.69, 9.17) is 16.3 Å². The van der Waals surface area contributed by atoms with Gasteiger partial charge in [0, 0.05) is 21.4 Å². The molecule has 0 bridgehead atoms. The third-order valence-electron chi connectivity index (χ3n) is 3.14. The van der Waals surface area contributed by atoms with Crippen molar-refractivity contribution in [1.29, 1.82) is 0 Å². The highest BCUT2D eigenvalue weighted by Gasteiger charge is 2.26. The normalized spacial score (nSPS) is 12.0. The summed E-state index contributed by atoms with van der Waals surface area (Å²) in [5.41, 5.74) is 3.11. The lowest BCUT2D eigenvalue weighted by atomic mass is 10.0. The number of methoxy groups -OCH3 is 1. The van der Waals surface area contributed by atoms with Crippen molar-refractivity contribution in [2.45, 2.75) is 19.9 Å². The lowest BCUT2D eigenvalue weighted by Gasteiger charge is -2.18. The first-order chi connectivity index (χ1) is 9.93. The number of anilines is 1. The summed E-state index contributed by atoms with van der Waals surface area (Å²) in [6.45, 7) is 3.71. The van der Waals surface area contributed by atoms with Gasteiger partial charge in [-0.2, -0.15) is 5.10 Å². The van der Waals surface area contributed by atoms with Gasteiger partial charge in [-0.25, -0.2) is 4.79 Å². The van der Waals surface area contributed by atoms with E-state index in [1.54, 1.807) is 12.1 Å². The average molecular weight is 373 g/mol. The van der Waals surface area contributed by atoms with Crippen LogP contribution in [0.15, 0.2) is 22.7 Å². The molecule has 0 saturated carbocycles.